The summed E-state index contributed by atoms with van der Waals surface area (Å²) in [5.74, 6) is -3.20. The summed E-state index contributed by atoms with van der Waals surface area (Å²) in [7, 11) is 0. The van der Waals surface area contributed by atoms with Crippen LogP contribution in [0.25, 0.3) is 11.2 Å². The molecule has 120 valence electrons. The largest absolute Gasteiger partial charge is 0.336 e. The molecule has 5 nitrogen and oxygen atoms in total. The molecule has 0 atom stereocenters. The van der Waals surface area contributed by atoms with Gasteiger partial charge in [-0.25, -0.2) is 18.2 Å². The standard InChI is InChI=1S/C14H11ClF3N5/c1-3-23-5-19-11-12(21-14(15)22-13(11)23)20-8-4-7(16)9(17)6(2)10(8)18/h4-5H,3H2,1-2H3,(H,20,21,22). The molecule has 0 fully saturated rings. The molecule has 0 unspecified atom stereocenters. The molecule has 0 saturated carbocycles. The van der Waals surface area contributed by atoms with E-state index in [-0.39, 0.29) is 16.8 Å². The minimum Gasteiger partial charge on any atom is -0.336 e. The number of halogens is 4. The molecule has 9 heteroatoms. The number of nitrogens with zero attached hydrogens (tertiary/aromatic N) is 4. The summed E-state index contributed by atoms with van der Waals surface area (Å²) in [6, 6.07) is 0.719. The van der Waals surface area contributed by atoms with E-state index in [0.29, 0.717) is 17.7 Å². The van der Waals surface area contributed by atoms with E-state index >= 15 is 0 Å². The van der Waals surface area contributed by atoms with E-state index in [1.165, 1.54) is 6.33 Å². The Bertz CT molecular complexity index is 909. The van der Waals surface area contributed by atoms with Gasteiger partial charge in [-0.2, -0.15) is 9.97 Å². The van der Waals surface area contributed by atoms with Crippen molar-refractivity contribution in [2.24, 2.45) is 0 Å². The molecule has 23 heavy (non-hydrogen) atoms. The first kappa shape index (κ1) is 15.5. The molecule has 3 rings (SSSR count). The summed E-state index contributed by atoms with van der Waals surface area (Å²) in [6.45, 7) is 3.64. The summed E-state index contributed by atoms with van der Waals surface area (Å²) in [5, 5.41) is 2.54. The van der Waals surface area contributed by atoms with Gasteiger partial charge >= 0.3 is 0 Å². The third kappa shape index (κ3) is 2.59. The molecule has 2 heterocycles. The number of nitrogens with one attached hydrogen (secondary N) is 1. The highest BCUT2D eigenvalue weighted by molar-refractivity contribution is 6.28. The van der Waals surface area contributed by atoms with E-state index < -0.39 is 23.0 Å². The van der Waals surface area contributed by atoms with Crippen LogP contribution in [0.1, 0.15) is 12.5 Å². The monoisotopic (exact) mass is 341 g/mol. The number of aryl methyl sites for hydroxylation is 1. The van der Waals surface area contributed by atoms with Gasteiger partial charge in [0.2, 0.25) is 5.28 Å². The van der Waals surface area contributed by atoms with Crippen molar-refractivity contribution in [3.05, 3.63) is 40.7 Å². The molecule has 0 aliphatic carbocycles. The predicted molar refractivity (Wildman–Crippen MR) is 80.3 cm³/mol. The van der Waals surface area contributed by atoms with Gasteiger partial charge in [0.05, 0.1) is 12.0 Å². The molecule has 0 spiro atoms. The Morgan fingerprint density at radius 2 is 1.96 bits per heavy atom. The molecule has 2 aromatic heterocycles. The molecule has 0 bridgehead atoms. The van der Waals surface area contributed by atoms with Crippen LogP contribution in [0.4, 0.5) is 24.7 Å². The summed E-state index contributed by atoms with van der Waals surface area (Å²) in [4.78, 5) is 12.2. The number of fused-ring (bicyclic) bond motifs is 1. The lowest BCUT2D eigenvalue weighted by Gasteiger charge is -2.10. The van der Waals surface area contributed by atoms with Crippen LogP contribution in [0.5, 0.6) is 0 Å². The van der Waals surface area contributed by atoms with E-state index in [4.69, 9.17) is 11.6 Å². The zero-order valence-electron chi connectivity index (χ0n) is 12.2. The first-order chi connectivity index (χ1) is 10.9. The molecule has 3 aromatic rings. The van der Waals surface area contributed by atoms with Crippen LogP contribution in [0.2, 0.25) is 5.28 Å². The molecule has 0 radical (unpaired) electrons. The lowest BCUT2D eigenvalue weighted by Crippen LogP contribution is -2.04. The number of imidazole rings is 1. The van der Waals surface area contributed by atoms with Crippen LogP contribution >= 0.6 is 11.6 Å². The van der Waals surface area contributed by atoms with Crippen molar-refractivity contribution in [1.29, 1.82) is 0 Å². The predicted octanol–water partition coefficient (Wildman–Crippen LogP) is 3.97. The highest BCUT2D eigenvalue weighted by Gasteiger charge is 2.18. The number of rotatable bonds is 3. The fraction of sp³-hybridized carbons (Fsp3) is 0.214. The minimum atomic E-state index is -1.23. The molecule has 1 aromatic carbocycles. The van der Waals surface area contributed by atoms with Gasteiger partial charge < -0.3 is 9.88 Å². The molecule has 0 saturated heterocycles. The Hall–Kier alpha value is -2.35. The van der Waals surface area contributed by atoms with Gasteiger partial charge in [-0.3, -0.25) is 0 Å². The van der Waals surface area contributed by atoms with Crippen molar-refractivity contribution in [3.63, 3.8) is 0 Å². The van der Waals surface area contributed by atoms with Gasteiger partial charge in [0.15, 0.2) is 34.4 Å². The number of anilines is 2. The third-order valence-electron chi connectivity index (χ3n) is 3.41. The average molecular weight is 342 g/mol. The van der Waals surface area contributed by atoms with Gasteiger partial charge in [0.25, 0.3) is 0 Å². The molecular weight excluding hydrogens is 331 g/mol. The quantitative estimate of drug-likeness (QED) is 0.578. The smallest absolute Gasteiger partial charge is 0.226 e. The highest BCUT2D eigenvalue weighted by Crippen LogP contribution is 2.29. The normalized spacial score (nSPS) is 11.2. The molecule has 0 aliphatic rings. The number of hydrogen-bond donors (Lipinski definition) is 1. The number of benzene rings is 1. The van der Waals surface area contributed by atoms with Crippen molar-refractivity contribution in [2.45, 2.75) is 20.4 Å². The number of hydrogen-bond acceptors (Lipinski definition) is 4. The van der Waals surface area contributed by atoms with E-state index in [2.05, 4.69) is 20.3 Å². The Kier molecular flexibility index (Phi) is 3.85. The first-order valence-corrected chi connectivity index (χ1v) is 7.09. The van der Waals surface area contributed by atoms with Crippen molar-refractivity contribution < 1.29 is 13.2 Å². The molecule has 1 N–H and O–H groups in total. The second kappa shape index (κ2) is 5.69. The topological polar surface area (TPSA) is 55.6 Å². The summed E-state index contributed by atoms with van der Waals surface area (Å²) in [6.07, 6.45) is 1.54. The SMILES string of the molecule is CCn1cnc2c(Nc3cc(F)c(F)c(C)c3F)nc(Cl)nc21. The molecular formula is C14H11ClF3N5. The van der Waals surface area contributed by atoms with Crippen LogP contribution in [-0.4, -0.2) is 19.5 Å². The summed E-state index contributed by atoms with van der Waals surface area (Å²) >= 11 is 5.87. The Morgan fingerprint density at radius 1 is 1.22 bits per heavy atom. The maximum Gasteiger partial charge on any atom is 0.226 e. The van der Waals surface area contributed by atoms with E-state index in [1.54, 1.807) is 4.57 Å². The maximum absolute atomic E-state index is 14.1. The Labute approximate surface area is 134 Å². The van der Waals surface area contributed by atoms with Crippen LogP contribution < -0.4 is 5.32 Å². The van der Waals surface area contributed by atoms with Gasteiger partial charge in [0, 0.05) is 18.2 Å². The molecule has 0 aliphatic heterocycles. The van der Waals surface area contributed by atoms with Crippen molar-refractivity contribution in [2.75, 3.05) is 5.32 Å². The Morgan fingerprint density at radius 3 is 2.65 bits per heavy atom. The second-order valence-corrected chi connectivity index (χ2v) is 5.17. The third-order valence-corrected chi connectivity index (χ3v) is 3.58. The summed E-state index contributed by atoms with van der Waals surface area (Å²) in [5.41, 5.74) is 0.110. The number of aromatic nitrogens is 4. The van der Waals surface area contributed by atoms with Crippen LogP contribution in [0, 0.1) is 24.4 Å². The van der Waals surface area contributed by atoms with Gasteiger partial charge in [0.1, 0.15) is 0 Å². The zero-order chi connectivity index (χ0) is 16.7. The molecule has 0 amide bonds. The fourth-order valence-corrected chi connectivity index (χ4v) is 2.35. The first-order valence-electron chi connectivity index (χ1n) is 6.71. The van der Waals surface area contributed by atoms with Crippen molar-refractivity contribution >= 4 is 34.3 Å². The van der Waals surface area contributed by atoms with E-state index in [0.717, 1.165) is 13.0 Å². The van der Waals surface area contributed by atoms with Crippen molar-refractivity contribution in [1.82, 2.24) is 19.5 Å². The summed E-state index contributed by atoms with van der Waals surface area (Å²) < 4.78 is 42.7. The van der Waals surface area contributed by atoms with E-state index in [1.807, 2.05) is 6.92 Å². The van der Waals surface area contributed by atoms with Gasteiger partial charge in [-0.15, -0.1) is 0 Å². The van der Waals surface area contributed by atoms with Crippen LogP contribution in [0.15, 0.2) is 12.4 Å². The van der Waals surface area contributed by atoms with E-state index in [9.17, 15) is 13.2 Å². The Balaban J connectivity index is 2.14. The second-order valence-electron chi connectivity index (χ2n) is 4.83. The van der Waals surface area contributed by atoms with Crippen molar-refractivity contribution in [3.8, 4) is 0 Å². The zero-order valence-corrected chi connectivity index (χ0v) is 12.9. The van der Waals surface area contributed by atoms with Gasteiger partial charge in [-0.1, -0.05) is 0 Å². The average Bonchev–Trinajstić information content (AvgIpc) is 2.93. The lowest BCUT2D eigenvalue weighted by molar-refractivity contribution is 0.488. The lowest BCUT2D eigenvalue weighted by atomic mass is 10.2. The maximum atomic E-state index is 14.1. The fourth-order valence-electron chi connectivity index (χ4n) is 2.19. The van der Waals surface area contributed by atoms with Crippen LogP contribution in [0.3, 0.4) is 0 Å². The minimum absolute atomic E-state index is 0.0742. The van der Waals surface area contributed by atoms with Crippen LogP contribution in [-0.2, 0) is 6.54 Å². The van der Waals surface area contributed by atoms with Gasteiger partial charge in [-0.05, 0) is 25.4 Å². The highest BCUT2D eigenvalue weighted by atomic mass is 35.5.